The molecule has 0 bridgehead atoms. The molecule has 1 aliphatic heterocycles. The smallest absolute Gasteiger partial charge is 0.164 e. The van der Waals surface area contributed by atoms with Crippen molar-refractivity contribution in [2.24, 2.45) is 0 Å². The third-order valence-electron chi connectivity index (χ3n) is 4.52. The standard InChI is InChI=1S/C18H19N3O2/c22-18(5-6-21-7-9-23-10-8-21)14-1-3-15-13(11-14)2-4-17-16(15)12-19-20-17/h1-4,11-12H,5-10H2,(H,19,20). The Morgan fingerprint density at radius 3 is 2.91 bits per heavy atom. The lowest BCUT2D eigenvalue weighted by atomic mass is 10.0. The number of ether oxygens (including phenoxy) is 1. The molecule has 5 nitrogen and oxygen atoms in total. The fourth-order valence-electron chi connectivity index (χ4n) is 3.16. The molecule has 0 spiro atoms. The first kappa shape index (κ1) is 14.4. The minimum atomic E-state index is 0.200. The quantitative estimate of drug-likeness (QED) is 0.753. The highest BCUT2D eigenvalue weighted by Crippen LogP contribution is 2.25. The minimum absolute atomic E-state index is 0.200. The molecule has 3 aromatic rings. The second-order valence-electron chi connectivity index (χ2n) is 5.96. The van der Waals surface area contributed by atoms with Crippen LogP contribution in [-0.2, 0) is 4.74 Å². The van der Waals surface area contributed by atoms with Crippen LogP contribution in [0.25, 0.3) is 21.7 Å². The van der Waals surface area contributed by atoms with Gasteiger partial charge in [-0.3, -0.25) is 14.8 Å². The van der Waals surface area contributed by atoms with Crippen LogP contribution in [0.4, 0.5) is 0 Å². The van der Waals surface area contributed by atoms with Gasteiger partial charge in [0.05, 0.1) is 24.9 Å². The van der Waals surface area contributed by atoms with Crippen molar-refractivity contribution in [3.05, 3.63) is 42.1 Å². The van der Waals surface area contributed by atoms with Gasteiger partial charge in [-0.2, -0.15) is 5.10 Å². The molecule has 0 amide bonds. The number of ketones is 1. The van der Waals surface area contributed by atoms with Crippen molar-refractivity contribution in [2.45, 2.75) is 6.42 Å². The third-order valence-corrected chi connectivity index (χ3v) is 4.52. The first-order valence-corrected chi connectivity index (χ1v) is 8.00. The number of nitrogens with one attached hydrogen (secondary N) is 1. The summed E-state index contributed by atoms with van der Waals surface area (Å²) in [6, 6.07) is 9.98. The molecule has 0 saturated carbocycles. The van der Waals surface area contributed by atoms with Crippen molar-refractivity contribution < 1.29 is 9.53 Å². The predicted molar refractivity (Wildman–Crippen MR) is 89.8 cm³/mol. The van der Waals surface area contributed by atoms with Crippen LogP contribution in [0.3, 0.4) is 0 Å². The van der Waals surface area contributed by atoms with E-state index >= 15 is 0 Å². The maximum atomic E-state index is 12.5. The molecule has 1 aliphatic rings. The van der Waals surface area contributed by atoms with Crippen LogP contribution in [0.1, 0.15) is 16.8 Å². The molecule has 1 saturated heterocycles. The van der Waals surface area contributed by atoms with E-state index in [1.54, 1.807) is 0 Å². The van der Waals surface area contributed by atoms with Crippen LogP contribution in [0.5, 0.6) is 0 Å². The van der Waals surface area contributed by atoms with E-state index in [1.165, 1.54) is 0 Å². The SMILES string of the molecule is O=C(CCN1CCOCC1)c1ccc2c(ccc3[nH]ncc32)c1. The molecule has 1 N–H and O–H groups in total. The lowest BCUT2D eigenvalue weighted by Gasteiger charge is -2.26. The van der Waals surface area contributed by atoms with Crippen LogP contribution in [-0.4, -0.2) is 53.7 Å². The zero-order valence-corrected chi connectivity index (χ0v) is 12.9. The lowest BCUT2D eigenvalue weighted by molar-refractivity contribution is 0.0370. The average Bonchev–Trinajstić information content (AvgIpc) is 3.09. The van der Waals surface area contributed by atoms with Gasteiger partial charge < -0.3 is 4.74 Å². The summed E-state index contributed by atoms with van der Waals surface area (Å²) in [4.78, 5) is 14.8. The van der Waals surface area contributed by atoms with Gasteiger partial charge in [-0.1, -0.05) is 18.2 Å². The van der Waals surface area contributed by atoms with Gasteiger partial charge in [0.15, 0.2) is 5.78 Å². The summed E-state index contributed by atoms with van der Waals surface area (Å²) in [5.74, 6) is 0.200. The fourth-order valence-corrected chi connectivity index (χ4v) is 3.16. The van der Waals surface area contributed by atoms with Gasteiger partial charge in [-0.25, -0.2) is 0 Å². The number of aromatic amines is 1. The van der Waals surface area contributed by atoms with Crippen molar-refractivity contribution in [3.63, 3.8) is 0 Å². The molecule has 2 aromatic carbocycles. The summed E-state index contributed by atoms with van der Waals surface area (Å²) in [6.07, 6.45) is 2.39. The Balaban J connectivity index is 1.53. The lowest BCUT2D eigenvalue weighted by Crippen LogP contribution is -2.37. The Hall–Kier alpha value is -2.24. The molecule has 0 unspecified atom stereocenters. The number of Topliss-reactive ketones (excluding diaryl/α,β-unsaturated/α-hetero) is 1. The number of benzene rings is 2. The first-order chi connectivity index (χ1) is 11.3. The topological polar surface area (TPSA) is 58.2 Å². The molecular formula is C18H19N3O2. The maximum Gasteiger partial charge on any atom is 0.164 e. The molecule has 0 atom stereocenters. The van der Waals surface area contributed by atoms with E-state index in [9.17, 15) is 4.79 Å². The summed E-state index contributed by atoms with van der Waals surface area (Å²) >= 11 is 0. The Kier molecular flexibility index (Phi) is 3.81. The van der Waals surface area contributed by atoms with Gasteiger partial charge in [0.1, 0.15) is 0 Å². The minimum Gasteiger partial charge on any atom is -0.379 e. The van der Waals surface area contributed by atoms with E-state index in [-0.39, 0.29) is 5.78 Å². The van der Waals surface area contributed by atoms with Crippen LogP contribution < -0.4 is 0 Å². The number of carbonyl (C=O) groups excluding carboxylic acids is 1. The maximum absolute atomic E-state index is 12.5. The number of hydrogen-bond donors (Lipinski definition) is 1. The van der Waals surface area contributed by atoms with E-state index in [2.05, 4.69) is 15.1 Å². The molecule has 1 aromatic heterocycles. The molecule has 1 fully saturated rings. The number of rotatable bonds is 4. The van der Waals surface area contributed by atoms with Gasteiger partial charge >= 0.3 is 0 Å². The molecule has 0 aliphatic carbocycles. The Morgan fingerprint density at radius 2 is 2.04 bits per heavy atom. The van der Waals surface area contributed by atoms with Crippen molar-refractivity contribution in [1.29, 1.82) is 0 Å². The Labute approximate surface area is 134 Å². The molecule has 2 heterocycles. The van der Waals surface area contributed by atoms with Gasteiger partial charge in [0.25, 0.3) is 0 Å². The zero-order valence-electron chi connectivity index (χ0n) is 12.9. The molecule has 4 rings (SSSR count). The number of hydrogen-bond acceptors (Lipinski definition) is 4. The van der Waals surface area contributed by atoms with Gasteiger partial charge in [-0.15, -0.1) is 0 Å². The summed E-state index contributed by atoms with van der Waals surface area (Å²) in [7, 11) is 0. The molecule has 118 valence electrons. The van der Waals surface area contributed by atoms with E-state index in [4.69, 9.17) is 4.74 Å². The zero-order chi connectivity index (χ0) is 15.6. The highest BCUT2D eigenvalue weighted by Gasteiger charge is 2.13. The molecule has 5 heteroatoms. The van der Waals surface area contributed by atoms with Gasteiger partial charge in [0.2, 0.25) is 0 Å². The van der Waals surface area contributed by atoms with Crippen LogP contribution in [0, 0.1) is 0 Å². The molecule has 23 heavy (non-hydrogen) atoms. The van der Waals surface area contributed by atoms with E-state index in [0.29, 0.717) is 6.42 Å². The summed E-state index contributed by atoms with van der Waals surface area (Å²) < 4.78 is 5.33. The average molecular weight is 309 g/mol. The molecular weight excluding hydrogens is 290 g/mol. The number of aromatic nitrogens is 2. The van der Waals surface area contributed by atoms with Gasteiger partial charge in [0, 0.05) is 37.0 Å². The van der Waals surface area contributed by atoms with E-state index in [1.807, 2.05) is 36.5 Å². The van der Waals surface area contributed by atoms with Crippen LogP contribution in [0.2, 0.25) is 0 Å². The van der Waals surface area contributed by atoms with E-state index in [0.717, 1.165) is 60.1 Å². The number of fused-ring (bicyclic) bond motifs is 3. The fraction of sp³-hybridized carbons (Fsp3) is 0.333. The number of morpholine rings is 1. The largest absolute Gasteiger partial charge is 0.379 e. The Morgan fingerprint density at radius 1 is 1.17 bits per heavy atom. The second-order valence-corrected chi connectivity index (χ2v) is 5.96. The normalized spacial score (nSPS) is 16.2. The van der Waals surface area contributed by atoms with Gasteiger partial charge in [-0.05, 0) is 22.9 Å². The van der Waals surface area contributed by atoms with Crippen molar-refractivity contribution in [2.75, 3.05) is 32.8 Å². The Bertz CT molecular complexity index is 850. The third kappa shape index (κ3) is 2.85. The van der Waals surface area contributed by atoms with Crippen molar-refractivity contribution in [3.8, 4) is 0 Å². The predicted octanol–water partition coefficient (Wildman–Crippen LogP) is 2.62. The summed E-state index contributed by atoms with van der Waals surface area (Å²) in [5.41, 5.74) is 1.80. The number of H-pyrrole nitrogens is 1. The van der Waals surface area contributed by atoms with E-state index < -0.39 is 0 Å². The summed E-state index contributed by atoms with van der Waals surface area (Å²) in [6.45, 7) is 4.18. The molecule has 0 radical (unpaired) electrons. The van der Waals surface area contributed by atoms with Crippen LogP contribution >= 0.6 is 0 Å². The van der Waals surface area contributed by atoms with Crippen molar-refractivity contribution in [1.82, 2.24) is 15.1 Å². The number of nitrogens with zero attached hydrogens (tertiary/aromatic N) is 2. The first-order valence-electron chi connectivity index (χ1n) is 8.00. The second kappa shape index (κ2) is 6.10. The van der Waals surface area contributed by atoms with Crippen LogP contribution in [0.15, 0.2) is 36.5 Å². The number of carbonyl (C=O) groups is 1. The highest BCUT2D eigenvalue weighted by atomic mass is 16.5. The van der Waals surface area contributed by atoms with Crippen molar-refractivity contribution >= 4 is 27.5 Å². The highest BCUT2D eigenvalue weighted by molar-refractivity contribution is 6.08. The monoisotopic (exact) mass is 309 g/mol. The summed E-state index contributed by atoms with van der Waals surface area (Å²) in [5, 5.41) is 10.4.